The number of imidazole rings is 1. The van der Waals surface area contributed by atoms with Crippen molar-refractivity contribution in [1.29, 1.82) is 0 Å². The zero-order chi connectivity index (χ0) is 29.6. The summed E-state index contributed by atoms with van der Waals surface area (Å²) in [6.45, 7) is 3.91. The maximum Gasteiger partial charge on any atom is 0.419 e. The highest BCUT2D eigenvalue weighted by atomic mass is 19.4. The van der Waals surface area contributed by atoms with E-state index < -0.39 is 41.3 Å². The summed E-state index contributed by atoms with van der Waals surface area (Å²) in [4.78, 5) is 31.5. The molecule has 2 N–H and O–H groups in total. The molecule has 2 aliphatic carbocycles. The molecule has 3 aromatic rings. The molecule has 2 unspecified atom stereocenters. The summed E-state index contributed by atoms with van der Waals surface area (Å²) in [5.74, 6) is -3.05. The van der Waals surface area contributed by atoms with Crippen LogP contribution in [-0.2, 0) is 18.0 Å². The number of aromatic nitrogens is 2. The number of aryl methyl sites for hydroxylation is 1. The fourth-order valence-electron chi connectivity index (χ4n) is 6.42. The molecule has 1 aromatic heterocycles. The smallest absolute Gasteiger partial charge is 0.419 e. The lowest BCUT2D eigenvalue weighted by Gasteiger charge is -2.30. The molecule has 2 saturated carbocycles. The second-order valence-corrected chi connectivity index (χ2v) is 10.8. The molecule has 0 radical (unpaired) electrons. The number of nitrogens with zero attached hydrogens (tertiary/aromatic N) is 2. The van der Waals surface area contributed by atoms with E-state index in [-0.39, 0.29) is 23.1 Å². The second-order valence-electron chi connectivity index (χ2n) is 10.8. The van der Waals surface area contributed by atoms with Crippen molar-refractivity contribution in [3.05, 3.63) is 77.0 Å². The number of nitrogens with one attached hydrogen (secondary N) is 2. The molecular weight excluding hydrogens is 540 g/mol. The highest BCUT2D eigenvalue weighted by Crippen LogP contribution is 2.54. The minimum Gasteiger partial charge on any atom is -0.496 e. The topological polar surface area (TPSA) is 85.2 Å². The summed E-state index contributed by atoms with van der Waals surface area (Å²) >= 11 is 0. The van der Waals surface area contributed by atoms with Crippen molar-refractivity contribution in [3.63, 3.8) is 0 Å². The maximum absolute atomic E-state index is 13.8. The molecule has 2 fully saturated rings. The van der Waals surface area contributed by atoms with Gasteiger partial charge in [0.25, 0.3) is 5.91 Å². The van der Waals surface area contributed by atoms with Crippen molar-refractivity contribution in [2.45, 2.75) is 38.9 Å². The largest absolute Gasteiger partial charge is 0.496 e. The van der Waals surface area contributed by atoms with E-state index >= 15 is 0 Å². The molecule has 2 bridgehead atoms. The Hall–Kier alpha value is -4.15. The van der Waals surface area contributed by atoms with Gasteiger partial charge in [0.2, 0.25) is 5.91 Å². The first kappa shape index (κ1) is 28.4. The summed E-state index contributed by atoms with van der Waals surface area (Å²) in [6, 6.07) is 6.98. The van der Waals surface area contributed by atoms with Gasteiger partial charge in [-0.05, 0) is 69.0 Å². The predicted octanol–water partition coefficient (Wildman–Crippen LogP) is 5.98. The number of hydrogen-bond donors (Lipinski definition) is 2. The SMILES string of the molecule is COc1ccc(-c2cncn2C)cc1C(=O)N[C@@H]1C2CCC(C2=C(C)C)[C@@H]1C(=O)Nc1ccc(F)c(C(F)(F)F)c1. The maximum atomic E-state index is 13.8. The molecule has 41 heavy (non-hydrogen) atoms. The van der Waals surface area contributed by atoms with E-state index in [0.29, 0.717) is 24.3 Å². The van der Waals surface area contributed by atoms with Crippen molar-refractivity contribution in [3.8, 4) is 17.0 Å². The van der Waals surface area contributed by atoms with E-state index in [4.69, 9.17) is 4.74 Å². The summed E-state index contributed by atoms with van der Waals surface area (Å²) in [7, 11) is 3.30. The van der Waals surface area contributed by atoms with E-state index in [1.54, 1.807) is 24.7 Å². The fourth-order valence-corrected chi connectivity index (χ4v) is 6.42. The molecule has 0 saturated heterocycles. The number of allylic oxidation sites excluding steroid dienone is 1. The van der Waals surface area contributed by atoms with E-state index in [1.165, 1.54) is 7.11 Å². The number of carbonyl (C=O) groups is 2. The number of hydrogen-bond acceptors (Lipinski definition) is 4. The average molecular weight is 571 g/mol. The molecule has 2 amide bonds. The third-order valence-corrected chi connectivity index (χ3v) is 8.12. The van der Waals surface area contributed by atoms with Crippen LogP contribution in [0.1, 0.15) is 42.6 Å². The van der Waals surface area contributed by atoms with Gasteiger partial charge in [0.05, 0.1) is 42.4 Å². The van der Waals surface area contributed by atoms with Gasteiger partial charge < -0.3 is 19.9 Å². The van der Waals surface area contributed by atoms with Crippen LogP contribution in [0.4, 0.5) is 23.2 Å². The van der Waals surface area contributed by atoms with E-state index in [1.807, 2.05) is 31.5 Å². The third-order valence-electron chi connectivity index (χ3n) is 8.12. The normalized spacial score (nSPS) is 21.6. The average Bonchev–Trinajstić information content (AvgIpc) is 3.62. The fraction of sp³-hybridized carbons (Fsp3) is 0.367. The molecule has 0 aliphatic heterocycles. The highest BCUT2D eigenvalue weighted by molar-refractivity contribution is 6.00. The number of amides is 2. The van der Waals surface area contributed by atoms with E-state index in [2.05, 4.69) is 15.6 Å². The standard InChI is InChI=1S/C30H30F4N4O3/c1-15(2)25-18-7-8-19(25)27(26(18)29(40)36-17-6-9-22(31)21(12-17)30(32,33)34)37-28(39)20-11-16(5-10-24(20)41-4)23-13-35-14-38(23)3/h5-6,9-14,18-19,26-27H,7-8H2,1-4H3,(H,36,40)(H,37,39)/t18?,19?,26-,27+/m0/s1. The van der Waals surface area contributed by atoms with Gasteiger partial charge in [-0.3, -0.25) is 9.59 Å². The van der Waals surface area contributed by atoms with Gasteiger partial charge in [0.15, 0.2) is 0 Å². The van der Waals surface area contributed by atoms with E-state index in [9.17, 15) is 27.2 Å². The molecule has 11 heteroatoms. The molecule has 4 atom stereocenters. The molecule has 0 spiro atoms. The second kappa shape index (κ2) is 10.7. The number of anilines is 1. The van der Waals surface area contributed by atoms with Crippen LogP contribution in [0.3, 0.4) is 0 Å². The van der Waals surface area contributed by atoms with Gasteiger partial charge >= 0.3 is 6.18 Å². The van der Waals surface area contributed by atoms with Gasteiger partial charge in [0, 0.05) is 30.3 Å². The first-order valence-corrected chi connectivity index (χ1v) is 13.2. The number of rotatable bonds is 6. The zero-order valence-electron chi connectivity index (χ0n) is 23.0. The lowest BCUT2D eigenvalue weighted by molar-refractivity contribution is -0.140. The lowest BCUT2D eigenvalue weighted by atomic mass is 9.83. The van der Waals surface area contributed by atoms with Gasteiger partial charge in [-0.15, -0.1) is 0 Å². The predicted molar refractivity (Wildman–Crippen MR) is 145 cm³/mol. The van der Waals surface area contributed by atoms with Gasteiger partial charge in [-0.25, -0.2) is 9.37 Å². The van der Waals surface area contributed by atoms with Crippen LogP contribution in [0.5, 0.6) is 5.75 Å². The summed E-state index contributed by atoms with van der Waals surface area (Å²) in [5.41, 5.74) is 2.33. The Morgan fingerprint density at radius 3 is 2.44 bits per heavy atom. The summed E-state index contributed by atoms with van der Waals surface area (Å²) < 4.78 is 60.9. The zero-order valence-corrected chi connectivity index (χ0v) is 23.0. The van der Waals surface area contributed by atoms with E-state index in [0.717, 1.165) is 34.9 Å². The van der Waals surface area contributed by atoms with Crippen LogP contribution in [0.15, 0.2) is 60.1 Å². The lowest BCUT2D eigenvalue weighted by Crippen LogP contribution is -2.48. The third kappa shape index (κ3) is 5.20. The number of methoxy groups -OCH3 is 1. The van der Waals surface area contributed by atoms with Gasteiger partial charge in [0.1, 0.15) is 11.6 Å². The minimum atomic E-state index is -4.91. The Kier molecular flexibility index (Phi) is 7.39. The molecule has 7 nitrogen and oxygen atoms in total. The monoisotopic (exact) mass is 570 g/mol. The molecule has 216 valence electrons. The minimum absolute atomic E-state index is 0.102. The summed E-state index contributed by atoms with van der Waals surface area (Å²) in [6.07, 6.45) is -0.100. The van der Waals surface area contributed by atoms with Crippen LogP contribution in [0, 0.1) is 23.6 Å². The number of ether oxygens (including phenoxy) is 1. The van der Waals surface area contributed by atoms with Crippen molar-refractivity contribution in [2.24, 2.45) is 24.8 Å². The van der Waals surface area contributed by atoms with Gasteiger partial charge in [-0.2, -0.15) is 13.2 Å². The molecule has 5 rings (SSSR count). The molecule has 2 aliphatic rings. The highest BCUT2D eigenvalue weighted by Gasteiger charge is 2.55. The molecule has 1 heterocycles. The van der Waals surface area contributed by atoms with Crippen LogP contribution in [0.2, 0.25) is 0 Å². The van der Waals surface area contributed by atoms with Crippen LogP contribution in [-0.4, -0.2) is 34.5 Å². The van der Waals surface area contributed by atoms with Crippen LogP contribution in [0.25, 0.3) is 11.3 Å². The Morgan fingerprint density at radius 2 is 1.80 bits per heavy atom. The van der Waals surface area contributed by atoms with Crippen molar-refractivity contribution in [2.75, 3.05) is 12.4 Å². The first-order chi connectivity index (χ1) is 19.4. The quantitative estimate of drug-likeness (QED) is 0.282. The summed E-state index contributed by atoms with van der Waals surface area (Å²) in [5, 5.41) is 5.61. The Balaban J connectivity index is 1.46. The van der Waals surface area contributed by atoms with Crippen LogP contribution >= 0.6 is 0 Å². The number of fused-ring (bicyclic) bond motifs is 2. The number of halogens is 4. The molecule has 2 aromatic carbocycles. The van der Waals surface area contributed by atoms with Crippen molar-refractivity contribution in [1.82, 2.24) is 14.9 Å². The number of alkyl halides is 3. The molecular formula is C30H30F4N4O3. The van der Waals surface area contributed by atoms with Gasteiger partial charge in [-0.1, -0.05) is 11.1 Å². The van der Waals surface area contributed by atoms with Crippen molar-refractivity contribution >= 4 is 17.5 Å². The first-order valence-electron chi connectivity index (χ1n) is 13.2. The van der Waals surface area contributed by atoms with Crippen LogP contribution < -0.4 is 15.4 Å². The Labute approximate surface area is 234 Å². The Bertz CT molecular complexity index is 1540. The Morgan fingerprint density at radius 1 is 1.07 bits per heavy atom. The number of benzene rings is 2. The van der Waals surface area contributed by atoms with Crippen molar-refractivity contribution < 1.29 is 31.9 Å². The number of carbonyl (C=O) groups excluding carboxylic acids is 2.